The van der Waals surface area contributed by atoms with E-state index in [1.54, 1.807) is 18.3 Å². The number of hydrogen-bond donors (Lipinski definition) is 1. The third-order valence-corrected chi connectivity index (χ3v) is 3.23. The van der Waals surface area contributed by atoms with Crippen LogP contribution in [0.25, 0.3) is 0 Å². The van der Waals surface area contributed by atoms with Crippen LogP contribution in [0.15, 0.2) is 82.5 Å². The Morgan fingerprint density at radius 3 is 2.75 bits per heavy atom. The number of amides is 1. The minimum Gasteiger partial charge on any atom is -0.489 e. The van der Waals surface area contributed by atoms with Gasteiger partial charge < -0.3 is 9.15 Å². The quantitative estimate of drug-likeness (QED) is 0.557. The molecule has 3 aromatic rings. The van der Waals surface area contributed by atoms with Crippen LogP contribution in [-0.4, -0.2) is 12.1 Å². The van der Waals surface area contributed by atoms with Crippen molar-refractivity contribution in [1.82, 2.24) is 5.43 Å². The average Bonchev–Trinajstić information content (AvgIpc) is 3.16. The second-order valence-electron chi connectivity index (χ2n) is 5.02. The predicted molar refractivity (Wildman–Crippen MR) is 91.0 cm³/mol. The standard InChI is InChI=1S/C19H16N2O3/c22-19(18-10-5-11-23-18)21-20-13-16-8-4-9-17(12-16)24-14-15-6-2-1-3-7-15/h1-13H,14H2,(H,21,22). The molecule has 0 saturated heterocycles. The topological polar surface area (TPSA) is 63.8 Å². The second-order valence-corrected chi connectivity index (χ2v) is 5.02. The number of carbonyl (C=O) groups excluding carboxylic acids is 1. The van der Waals surface area contributed by atoms with E-state index < -0.39 is 5.91 Å². The first-order valence-electron chi connectivity index (χ1n) is 7.45. The Morgan fingerprint density at radius 1 is 1.08 bits per heavy atom. The normalized spacial score (nSPS) is 10.7. The molecular formula is C19H16N2O3. The molecule has 1 aromatic heterocycles. The summed E-state index contributed by atoms with van der Waals surface area (Å²) in [5, 5.41) is 3.92. The summed E-state index contributed by atoms with van der Waals surface area (Å²) in [4.78, 5) is 11.7. The van der Waals surface area contributed by atoms with E-state index in [1.807, 2.05) is 54.6 Å². The lowest BCUT2D eigenvalue weighted by molar-refractivity contribution is 0.0927. The summed E-state index contributed by atoms with van der Waals surface area (Å²) in [6.45, 7) is 0.497. The van der Waals surface area contributed by atoms with E-state index >= 15 is 0 Å². The van der Waals surface area contributed by atoms with Crippen LogP contribution in [0, 0.1) is 0 Å². The molecular weight excluding hydrogens is 304 g/mol. The number of furan rings is 1. The number of hydrogen-bond acceptors (Lipinski definition) is 4. The van der Waals surface area contributed by atoms with Crippen LogP contribution in [-0.2, 0) is 6.61 Å². The molecule has 5 heteroatoms. The van der Waals surface area contributed by atoms with Gasteiger partial charge in [0.1, 0.15) is 12.4 Å². The molecule has 0 radical (unpaired) electrons. The second kappa shape index (κ2) is 7.78. The Balaban J connectivity index is 1.56. The van der Waals surface area contributed by atoms with E-state index in [-0.39, 0.29) is 5.76 Å². The van der Waals surface area contributed by atoms with E-state index in [4.69, 9.17) is 9.15 Å². The molecule has 2 aromatic carbocycles. The van der Waals surface area contributed by atoms with Gasteiger partial charge in [0.25, 0.3) is 0 Å². The summed E-state index contributed by atoms with van der Waals surface area (Å²) in [5.74, 6) is 0.556. The van der Waals surface area contributed by atoms with Crippen molar-refractivity contribution in [3.8, 4) is 5.75 Å². The summed E-state index contributed by atoms with van der Waals surface area (Å²) >= 11 is 0. The molecule has 1 heterocycles. The fourth-order valence-corrected chi connectivity index (χ4v) is 2.05. The Hall–Kier alpha value is -3.34. The van der Waals surface area contributed by atoms with Gasteiger partial charge in [0.15, 0.2) is 5.76 Å². The van der Waals surface area contributed by atoms with Gasteiger partial charge in [0, 0.05) is 0 Å². The van der Waals surface area contributed by atoms with Gasteiger partial charge in [-0.2, -0.15) is 5.10 Å². The Bertz CT molecular complexity index is 812. The highest BCUT2D eigenvalue weighted by Crippen LogP contribution is 2.14. The van der Waals surface area contributed by atoms with E-state index in [0.29, 0.717) is 6.61 Å². The fraction of sp³-hybridized carbons (Fsp3) is 0.0526. The van der Waals surface area contributed by atoms with Gasteiger partial charge in [-0.1, -0.05) is 42.5 Å². The minimum atomic E-state index is -0.396. The molecule has 120 valence electrons. The highest BCUT2D eigenvalue weighted by molar-refractivity contribution is 5.92. The van der Waals surface area contributed by atoms with Crippen LogP contribution in [0.2, 0.25) is 0 Å². The molecule has 0 saturated carbocycles. The van der Waals surface area contributed by atoms with E-state index in [0.717, 1.165) is 16.9 Å². The van der Waals surface area contributed by atoms with Crippen molar-refractivity contribution in [2.45, 2.75) is 6.61 Å². The van der Waals surface area contributed by atoms with E-state index in [2.05, 4.69) is 10.5 Å². The van der Waals surface area contributed by atoms with Crippen LogP contribution in [0.1, 0.15) is 21.7 Å². The zero-order valence-corrected chi connectivity index (χ0v) is 12.9. The molecule has 1 N–H and O–H groups in total. The minimum absolute atomic E-state index is 0.215. The predicted octanol–water partition coefficient (Wildman–Crippen LogP) is 3.62. The molecule has 0 unspecified atom stereocenters. The number of benzene rings is 2. The molecule has 0 fully saturated rings. The van der Waals surface area contributed by atoms with Gasteiger partial charge in [0.2, 0.25) is 0 Å². The van der Waals surface area contributed by atoms with Gasteiger partial charge >= 0.3 is 5.91 Å². The zero-order chi connectivity index (χ0) is 16.6. The van der Waals surface area contributed by atoms with Gasteiger partial charge in [-0.25, -0.2) is 5.43 Å². The largest absolute Gasteiger partial charge is 0.489 e. The molecule has 3 rings (SSSR count). The molecule has 1 amide bonds. The number of nitrogens with one attached hydrogen (secondary N) is 1. The van der Waals surface area contributed by atoms with E-state index in [1.165, 1.54) is 6.26 Å². The van der Waals surface area contributed by atoms with Crippen molar-refractivity contribution >= 4 is 12.1 Å². The lowest BCUT2D eigenvalue weighted by atomic mass is 10.2. The maximum absolute atomic E-state index is 11.7. The third kappa shape index (κ3) is 4.33. The van der Waals surface area contributed by atoms with Gasteiger partial charge in [-0.05, 0) is 35.4 Å². The molecule has 0 atom stereocenters. The highest BCUT2D eigenvalue weighted by Gasteiger charge is 2.05. The van der Waals surface area contributed by atoms with Crippen LogP contribution in [0.4, 0.5) is 0 Å². The number of carbonyl (C=O) groups is 1. The van der Waals surface area contributed by atoms with Gasteiger partial charge in [0.05, 0.1) is 12.5 Å². The summed E-state index contributed by atoms with van der Waals surface area (Å²) in [7, 11) is 0. The lowest BCUT2D eigenvalue weighted by Crippen LogP contribution is -2.16. The number of rotatable bonds is 6. The monoisotopic (exact) mass is 320 g/mol. The molecule has 5 nitrogen and oxygen atoms in total. The summed E-state index contributed by atoms with van der Waals surface area (Å²) in [6, 6.07) is 20.6. The molecule has 0 aliphatic carbocycles. The van der Waals surface area contributed by atoms with Crippen molar-refractivity contribution in [2.24, 2.45) is 5.10 Å². The Morgan fingerprint density at radius 2 is 1.96 bits per heavy atom. The van der Waals surface area contributed by atoms with Crippen LogP contribution in [0.3, 0.4) is 0 Å². The molecule has 24 heavy (non-hydrogen) atoms. The lowest BCUT2D eigenvalue weighted by Gasteiger charge is -2.06. The summed E-state index contributed by atoms with van der Waals surface area (Å²) in [6.07, 6.45) is 2.99. The molecule has 0 aliphatic heterocycles. The van der Waals surface area contributed by atoms with Crippen molar-refractivity contribution in [3.63, 3.8) is 0 Å². The first-order chi connectivity index (χ1) is 11.8. The van der Waals surface area contributed by atoms with Crippen LogP contribution in [0.5, 0.6) is 5.75 Å². The van der Waals surface area contributed by atoms with E-state index in [9.17, 15) is 4.79 Å². The summed E-state index contributed by atoms with van der Waals surface area (Å²) in [5.41, 5.74) is 4.33. The van der Waals surface area contributed by atoms with Crippen LogP contribution >= 0.6 is 0 Å². The van der Waals surface area contributed by atoms with Gasteiger partial charge in [-0.3, -0.25) is 4.79 Å². The highest BCUT2D eigenvalue weighted by atomic mass is 16.5. The fourth-order valence-electron chi connectivity index (χ4n) is 2.05. The van der Waals surface area contributed by atoms with Crippen molar-refractivity contribution < 1.29 is 13.9 Å². The maximum atomic E-state index is 11.7. The van der Waals surface area contributed by atoms with Crippen molar-refractivity contribution in [3.05, 3.63) is 89.9 Å². The van der Waals surface area contributed by atoms with Gasteiger partial charge in [-0.15, -0.1) is 0 Å². The first-order valence-corrected chi connectivity index (χ1v) is 7.45. The molecule has 0 spiro atoms. The SMILES string of the molecule is O=C(NN=Cc1cccc(OCc2ccccc2)c1)c1ccco1. The zero-order valence-electron chi connectivity index (χ0n) is 12.9. The smallest absolute Gasteiger partial charge is 0.307 e. The molecule has 0 aliphatic rings. The Kier molecular flexibility index (Phi) is 5.04. The number of ether oxygens (including phenoxy) is 1. The van der Waals surface area contributed by atoms with Crippen LogP contribution < -0.4 is 10.2 Å². The van der Waals surface area contributed by atoms with Crippen molar-refractivity contribution in [2.75, 3.05) is 0 Å². The Labute approximate surface area is 139 Å². The third-order valence-electron chi connectivity index (χ3n) is 3.23. The number of hydrazone groups is 1. The van der Waals surface area contributed by atoms with Crippen molar-refractivity contribution in [1.29, 1.82) is 0 Å². The molecule has 0 bridgehead atoms. The first kappa shape index (κ1) is 15.6. The average molecular weight is 320 g/mol. The summed E-state index contributed by atoms with van der Waals surface area (Å²) < 4.78 is 10.7. The number of nitrogens with zero attached hydrogens (tertiary/aromatic N) is 1. The maximum Gasteiger partial charge on any atom is 0.307 e.